The summed E-state index contributed by atoms with van der Waals surface area (Å²) in [6, 6.07) is 4.06. The number of amides is 1. The summed E-state index contributed by atoms with van der Waals surface area (Å²) >= 11 is 0. The lowest BCUT2D eigenvalue weighted by molar-refractivity contribution is -0.0937. The summed E-state index contributed by atoms with van der Waals surface area (Å²) in [7, 11) is 3.27. The second kappa shape index (κ2) is 7.65. The topological polar surface area (TPSA) is 120 Å². The fourth-order valence-electron chi connectivity index (χ4n) is 4.39. The van der Waals surface area contributed by atoms with Crippen molar-refractivity contribution >= 4 is 5.91 Å². The van der Waals surface area contributed by atoms with Crippen molar-refractivity contribution in [2.45, 2.75) is 24.9 Å². The molecule has 2 aromatic heterocycles. The fourth-order valence-corrected chi connectivity index (χ4v) is 4.39. The zero-order chi connectivity index (χ0) is 21.4. The number of methoxy groups -OCH3 is 2. The molecule has 1 amide bonds. The molecule has 0 bridgehead atoms. The number of hydrogen-bond donors (Lipinski definition) is 1. The maximum Gasteiger partial charge on any atom is 0.291 e. The third kappa shape index (κ3) is 3.30. The Morgan fingerprint density at radius 3 is 2.55 bits per heavy atom. The molecule has 0 saturated carbocycles. The number of ether oxygens (including phenoxy) is 3. The number of carbonyl (C=O) groups is 1. The third-order valence-electron chi connectivity index (χ3n) is 6.03. The van der Waals surface area contributed by atoms with Crippen molar-refractivity contribution in [3.63, 3.8) is 0 Å². The first kappa shape index (κ1) is 19.5. The van der Waals surface area contributed by atoms with E-state index in [0.717, 1.165) is 17.7 Å². The van der Waals surface area contributed by atoms with Crippen molar-refractivity contribution in [1.82, 2.24) is 34.8 Å². The zero-order valence-electron chi connectivity index (χ0n) is 17.4. The molecule has 1 N–H and O–H groups in total. The van der Waals surface area contributed by atoms with Crippen LogP contribution in [-0.4, -0.2) is 74.7 Å². The number of aromatic nitrogens is 6. The van der Waals surface area contributed by atoms with Crippen LogP contribution in [0.3, 0.4) is 0 Å². The zero-order valence-corrected chi connectivity index (χ0v) is 17.4. The number of carbonyl (C=O) groups excluding carboxylic acids is 1. The highest BCUT2D eigenvalue weighted by atomic mass is 16.5. The van der Waals surface area contributed by atoms with Crippen molar-refractivity contribution in [3.8, 4) is 17.4 Å². The summed E-state index contributed by atoms with van der Waals surface area (Å²) in [5.74, 6) is 1.74. The third-order valence-corrected chi connectivity index (χ3v) is 6.03. The van der Waals surface area contributed by atoms with Gasteiger partial charge in [0.05, 0.1) is 26.4 Å². The number of fused-ring (bicyclic) bond motifs is 2. The number of aromatic amines is 1. The van der Waals surface area contributed by atoms with E-state index in [9.17, 15) is 4.79 Å². The molecule has 11 heteroatoms. The molecular weight excluding hydrogens is 402 g/mol. The average Bonchev–Trinajstić information content (AvgIpc) is 3.51. The molecule has 0 unspecified atom stereocenters. The second-order valence-electron chi connectivity index (χ2n) is 7.60. The molecule has 1 fully saturated rings. The Morgan fingerprint density at radius 2 is 1.84 bits per heavy atom. The smallest absolute Gasteiger partial charge is 0.291 e. The highest BCUT2D eigenvalue weighted by molar-refractivity contribution is 5.90. The normalized spacial score (nSPS) is 17.4. The molecule has 2 aliphatic rings. The number of hydrogen-bond acceptors (Lipinski definition) is 8. The SMILES string of the molecule is COc1cc2c(cc1OC)C1(CCN(C(=O)c3nc(-n4cnnc4)n[nH]3)CC1)OCC2. The van der Waals surface area contributed by atoms with Crippen molar-refractivity contribution in [2.24, 2.45) is 0 Å². The average molecular weight is 425 g/mol. The molecule has 3 aromatic rings. The van der Waals surface area contributed by atoms with Gasteiger partial charge in [0.25, 0.3) is 11.9 Å². The van der Waals surface area contributed by atoms with E-state index in [0.29, 0.717) is 44.2 Å². The van der Waals surface area contributed by atoms with Gasteiger partial charge in [0.15, 0.2) is 11.5 Å². The molecule has 2 aliphatic heterocycles. The number of nitrogens with one attached hydrogen (secondary N) is 1. The van der Waals surface area contributed by atoms with Gasteiger partial charge < -0.3 is 19.1 Å². The van der Waals surface area contributed by atoms with Crippen LogP contribution in [0.15, 0.2) is 24.8 Å². The quantitative estimate of drug-likeness (QED) is 0.660. The van der Waals surface area contributed by atoms with Crippen LogP contribution < -0.4 is 9.47 Å². The summed E-state index contributed by atoms with van der Waals surface area (Å²) < 4.78 is 18.8. The standard InChI is InChI=1S/C20H23N7O4/c1-29-15-9-13-3-8-31-20(14(13)10-16(15)30-2)4-6-26(7-5-20)18(28)17-23-19(25-24-17)27-11-21-22-12-27/h9-12H,3-8H2,1-2H3,(H,23,24,25). The Labute approximate surface area is 178 Å². The van der Waals surface area contributed by atoms with Crippen LogP contribution in [0.1, 0.15) is 34.6 Å². The van der Waals surface area contributed by atoms with Gasteiger partial charge in [-0.1, -0.05) is 0 Å². The van der Waals surface area contributed by atoms with Gasteiger partial charge in [-0.2, -0.15) is 4.98 Å². The van der Waals surface area contributed by atoms with Gasteiger partial charge in [-0.05, 0) is 42.5 Å². The first-order valence-corrected chi connectivity index (χ1v) is 10.1. The number of benzene rings is 1. The van der Waals surface area contributed by atoms with E-state index < -0.39 is 5.60 Å². The number of H-pyrrole nitrogens is 1. The minimum absolute atomic E-state index is 0.190. The van der Waals surface area contributed by atoms with E-state index in [1.807, 2.05) is 12.1 Å². The van der Waals surface area contributed by atoms with Gasteiger partial charge in [0, 0.05) is 13.1 Å². The van der Waals surface area contributed by atoms with Gasteiger partial charge in [-0.15, -0.1) is 15.3 Å². The summed E-state index contributed by atoms with van der Waals surface area (Å²) in [6.07, 6.45) is 5.15. The maximum atomic E-state index is 13.0. The Bertz CT molecular complexity index is 1090. The molecule has 4 heterocycles. The van der Waals surface area contributed by atoms with Gasteiger partial charge in [-0.25, -0.2) is 0 Å². The van der Waals surface area contributed by atoms with Crippen molar-refractivity contribution < 1.29 is 19.0 Å². The highest BCUT2D eigenvalue weighted by Gasteiger charge is 2.42. The number of likely N-dealkylation sites (tertiary alicyclic amines) is 1. The van der Waals surface area contributed by atoms with Crippen molar-refractivity contribution in [2.75, 3.05) is 33.9 Å². The molecule has 5 rings (SSSR count). The van der Waals surface area contributed by atoms with Gasteiger partial charge in [0.1, 0.15) is 12.7 Å². The minimum atomic E-state index is -0.432. The molecule has 1 spiro atoms. The van der Waals surface area contributed by atoms with Crippen LogP contribution in [0.2, 0.25) is 0 Å². The molecule has 1 saturated heterocycles. The lowest BCUT2D eigenvalue weighted by Crippen LogP contribution is -2.48. The van der Waals surface area contributed by atoms with Gasteiger partial charge in [-0.3, -0.25) is 14.5 Å². The predicted octanol–water partition coefficient (Wildman–Crippen LogP) is 1.11. The van der Waals surface area contributed by atoms with Crippen LogP contribution >= 0.6 is 0 Å². The maximum absolute atomic E-state index is 13.0. The van der Waals surface area contributed by atoms with Crippen molar-refractivity contribution in [1.29, 1.82) is 0 Å². The number of nitrogens with zero attached hydrogens (tertiary/aromatic N) is 6. The molecule has 11 nitrogen and oxygen atoms in total. The fraction of sp³-hybridized carbons (Fsp3) is 0.450. The van der Waals surface area contributed by atoms with E-state index in [2.05, 4.69) is 25.4 Å². The van der Waals surface area contributed by atoms with Crippen LogP contribution in [0.5, 0.6) is 11.5 Å². The van der Waals surface area contributed by atoms with E-state index >= 15 is 0 Å². The van der Waals surface area contributed by atoms with E-state index in [4.69, 9.17) is 14.2 Å². The number of piperidine rings is 1. The Morgan fingerprint density at radius 1 is 1.13 bits per heavy atom. The Balaban J connectivity index is 1.34. The van der Waals surface area contributed by atoms with E-state index in [-0.39, 0.29) is 11.7 Å². The summed E-state index contributed by atoms with van der Waals surface area (Å²) in [4.78, 5) is 19.0. The van der Waals surface area contributed by atoms with Crippen LogP contribution in [0, 0.1) is 0 Å². The molecular formula is C20H23N7O4. The highest BCUT2D eigenvalue weighted by Crippen LogP contribution is 2.45. The van der Waals surface area contributed by atoms with E-state index in [1.165, 1.54) is 22.8 Å². The van der Waals surface area contributed by atoms with Crippen LogP contribution in [0.4, 0.5) is 0 Å². The Hall–Kier alpha value is -3.47. The summed E-state index contributed by atoms with van der Waals surface area (Å²) in [5.41, 5.74) is 1.90. The lowest BCUT2D eigenvalue weighted by Gasteiger charge is -2.45. The molecule has 1 aromatic carbocycles. The molecule has 0 atom stereocenters. The molecule has 162 valence electrons. The summed E-state index contributed by atoms with van der Waals surface area (Å²) in [6.45, 7) is 1.74. The molecule has 0 aliphatic carbocycles. The lowest BCUT2D eigenvalue weighted by atomic mass is 9.79. The van der Waals surface area contributed by atoms with Gasteiger partial charge >= 0.3 is 0 Å². The monoisotopic (exact) mass is 425 g/mol. The number of rotatable bonds is 4. The molecule has 31 heavy (non-hydrogen) atoms. The van der Waals surface area contributed by atoms with Crippen LogP contribution in [0.25, 0.3) is 5.95 Å². The van der Waals surface area contributed by atoms with Crippen molar-refractivity contribution in [3.05, 3.63) is 41.7 Å². The minimum Gasteiger partial charge on any atom is -0.493 e. The Kier molecular flexibility index (Phi) is 4.81. The van der Waals surface area contributed by atoms with Crippen LogP contribution in [-0.2, 0) is 16.8 Å². The summed E-state index contributed by atoms with van der Waals surface area (Å²) in [5, 5.41) is 14.2. The second-order valence-corrected chi connectivity index (χ2v) is 7.60. The first-order valence-electron chi connectivity index (χ1n) is 10.1. The van der Waals surface area contributed by atoms with Gasteiger partial charge in [0.2, 0.25) is 5.82 Å². The predicted molar refractivity (Wildman–Crippen MR) is 107 cm³/mol. The molecule has 0 radical (unpaired) electrons. The first-order chi connectivity index (χ1) is 15.1. The van der Waals surface area contributed by atoms with E-state index in [1.54, 1.807) is 19.1 Å². The largest absolute Gasteiger partial charge is 0.493 e.